The van der Waals surface area contributed by atoms with Gasteiger partial charge in [0.15, 0.2) is 0 Å². The maximum Gasteiger partial charge on any atom is 0.243 e. The van der Waals surface area contributed by atoms with Gasteiger partial charge in [0, 0.05) is 12.4 Å². The molecule has 0 radical (unpaired) electrons. The summed E-state index contributed by atoms with van der Waals surface area (Å²) in [5.41, 5.74) is -0.403. The third-order valence-corrected chi connectivity index (χ3v) is 3.91. The zero-order valence-corrected chi connectivity index (χ0v) is 11.0. The summed E-state index contributed by atoms with van der Waals surface area (Å²) in [5, 5.41) is 12.5. The Balaban J connectivity index is 2.06. The second-order valence-corrected chi connectivity index (χ2v) is 5.19. The molecule has 0 spiro atoms. The molecule has 1 heterocycles. The first-order valence-electron chi connectivity index (χ1n) is 6.50. The van der Waals surface area contributed by atoms with Crippen molar-refractivity contribution in [2.75, 3.05) is 6.61 Å². The highest BCUT2D eigenvalue weighted by Gasteiger charge is 2.35. The fourth-order valence-corrected chi connectivity index (χ4v) is 2.66. The normalized spacial score (nSPS) is 19.7. The highest BCUT2D eigenvalue weighted by Crippen LogP contribution is 2.29. The Labute approximate surface area is 107 Å². The lowest BCUT2D eigenvalue weighted by Gasteiger charge is -2.30. The van der Waals surface area contributed by atoms with E-state index in [2.05, 4.69) is 10.3 Å². The van der Waals surface area contributed by atoms with Crippen molar-refractivity contribution in [2.45, 2.75) is 51.1 Å². The highest BCUT2D eigenvalue weighted by molar-refractivity contribution is 5.80. The van der Waals surface area contributed by atoms with Crippen molar-refractivity contribution in [3.05, 3.63) is 18.2 Å². The Kier molecular flexibility index (Phi) is 3.71. The average Bonchev–Trinajstić information content (AvgIpc) is 2.98. The molecule has 1 fully saturated rings. The molecule has 1 aromatic heterocycles. The van der Waals surface area contributed by atoms with Crippen LogP contribution in [0.5, 0.6) is 0 Å². The second-order valence-electron chi connectivity index (χ2n) is 5.19. The van der Waals surface area contributed by atoms with Crippen molar-refractivity contribution in [2.24, 2.45) is 0 Å². The topological polar surface area (TPSA) is 67.2 Å². The fraction of sp³-hybridized carbons (Fsp3) is 0.692. The number of nitrogens with zero attached hydrogens (tertiary/aromatic N) is 2. The summed E-state index contributed by atoms with van der Waals surface area (Å²) < 4.78 is 1.84. The van der Waals surface area contributed by atoms with Crippen molar-refractivity contribution in [1.29, 1.82) is 0 Å². The monoisotopic (exact) mass is 251 g/mol. The molecule has 0 bridgehead atoms. The molecule has 5 heteroatoms. The molecule has 5 nitrogen and oxygen atoms in total. The van der Waals surface area contributed by atoms with Crippen LogP contribution in [-0.2, 0) is 4.79 Å². The predicted octanol–water partition coefficient (Wildman–Crippen LogP) is 1.17. The molecule has 100 valence electrons. The zero-order valence-electron chi connectivity index (χ0n) is 11.0. The summed E-state index contributed by atoms with van der Waals surface area (Å²) in [5.74, 6) is 0.772. The Hall–Kier alpha value is -1.36. The smallest absolute Gasteiger partial charge is 0.243 e. The van der Waals surface area contributed by atoms with E-state index < -0.39 is 5.54 Å². The maximum absolute atomic E-state index is 12.2. The van der Waals surface area contributed by atoms with E-state index >= 15 is 0 Å². The van der Waals surface area contributed by atoms with Gasteiger partial charge in [-0.3, -0.25) is 4.79 Å². The minimum absolute atomic E-state index is 0.0222. The number of aliphatic hydroxyl groups excluding tert-OH is 1. The van der Waals surface area contributed by atoms with Crippen LogP contribution in [0.25, 0.3) is 0 Å². The average molecular weight is 251 g/mol. The molecule has 1 aromatic rings. The largest absolute Gasteiger partial charge is 0.394 e. The van der Waals surface area contributed by atoms with Gasteiger partial charge in [0.05, 0.1) is 12.1 Å². The molecule has 1 atom stereocenters. The number of hydrogen-bond donors (Lipinski definition) is 2. The van der Waals surface area contributed by atoms with Crippen LogP contribution in [0.3, 0.4) is 0 Å². The quantitative estimate of drug-likeness (QED) is 0.844. The Morgan fingerprint density at radius 1 is 1.61 bits per heavy atom. The van der Waals surface area contributed by atoms with Crippen molar-refractivity contribution >= 4 is 5.91 Å². The number of imidazole rings is 1. The first kappa shape index (κ1) is 13.1. The number of nitrogens with one attached hydrogen (secondary N) is 1. The summed E-state index contributed by atoms with van der Waals surface area (Å²) in [7, 11) is 0. The number of carbonyl (C=O) groups excluding carboxylic acids is 1. The number of aryl methyl sites for hydroxylation is 1. The van der Waals surface area contributed by atoms with E-state index in [1.807, 2.05) is 18.4 Å². The predicted molar refractivity (Wildman–Crippen MR) is 68.1 cm³/mol. The molecule has 1 aliphatic carbocycles. The molecule has 0 saturated heterocycles. The van der Waals surface area contributed by atoms with Crippen molar-refractivity contribution in [1.82, 2.24) is 14.9 Å². The van der Waals surface area contributed by atoms with Crippen LogP contribution in [-0.4, -0.2) is 32.7 Å². The fourth-order valence-electron chi connectivity index (χ4n) is 2.66. The lowest BCUT2D eigenvalue weighted by molar-refractivity contribution is -0.126. The molecule has 0 aromatic carbocycles. The van der Waals surface area contributed by atoms with E-state index in [0.29, 0.717) is 0 Å². The van der Waals surface area contributed by atoms with Gasteiger partial charge in [0.2, 0.25) is 5.91 Å². The molecule has 1 aliphatic rings. The van der Waals surface area contributed by atoms with Crippen LogP contribution in [0.1, 0.15) is 44.5 Å². The Morgan fingerprint density at radius 2 is 2.28 bits per heavy atom. The molecule has 2 rings (SSSR count). The number of hydrogen-bond acceptors (Lipinski definition) is 3. The SMILES string of the molecule is Cc1nccn1[C@H](C)C(=O)NC1(CO)CCCC1. The van der Waals surface area contributed by atoms with Crippen LogP contribution in [0.2, 0.25) is 0 Å². The summed E-state index contributed by atoms with van der Waals surface area (Å²) in [6, 6.07) is -0.295. The first-order chi connectivity index (χ1) is 8.58. The van der Waals surface area contributed by atoms with E-state index in [9.17, 15) is 9.90 Å². The minimum atomic E-state index is -0.403. The number of carbonyl (C=O) groups is 1. The third-order valence-electron chi connectivity index (χ3n) is 3.91. The first-order valence-corrected chi connectivity index (χ1v) is 6.50. The Bertz CT molecular complexity index is 422. The number of amides is 1. The number of rotatable bonds is 4. The van der Waals surface area contributed by atoms with E-state index in [-0.39, 0.29) is 18.6 Å². The molecule has 1 saturated carbocycles. The van der Waals surface area contributed by atoms with Crippen molar-refractivity contribution in [3.8, 4) is 0 Å². The van der Waals surface area contributed by atoms with Crippen molar-refractivity contribution in [3.63, 3.8) is 0 Å². The lowest BCUT2D eigenvalue weighted by atomic mass is 9.98. The van der Waals surface area contributed by atoms with Gasteiger partial charge in [0.25, 0.3) is 0 Å². The summed E-state index contributed by atoms with van der Waals surface area (Å²) in [6.07, 6.45) is 7.37. The molecule has 1 amide bonds. The van der Waals surface area contributed by atoms with Gasteiger partial charge in [-0.25, -0.2) is 4.98 Å². The molecule has 0 unspecified atom stereocenters. The Morgan fingerprint density at radius 3 is 2.78 bits per heavy atom. The van der Waals surface area contributed by atoms with Gasteiger partial charge in [-0.15, -0.1) is 0 Å². The molecule has 2 N–H and O–H groups in total. The lowest BCUT2D eigenvalue weighted by Crippen LogP contribution is -2.51. The van der Waals surface area contributed by atoms with E-state index in [1.165, 1.54) is 0 Å². The zero-order chi connectivity index (χ0) is 13.2. The van der Waals surface area contributed by atoms with Crippen LogP contribution in [0, 0.1) is 6.92 Å². The molecule has 18 heavy (non-hydrogen) atoms. The van der Waals surface area contributed by atoms with Gasteiger partial charge in [-0.1, -0.05) is 12.8 Å². The third kappa shape index (κ3) is 2.41. The highest BCUT2D eigenvalue weighted by atomic mass is 16.3. The maximum atomic E-state index is 12.2. The van der Waals surface area contributed by atoms with Gasteiger partial charge in [-0.05, 0) is 26.7 Å². The van der Waals surface area contributed by atoms with Crippen LogP contribution >= 0.6 is 0 Å². The second kappa shape index (κ2) is 5.10. The van der Waals surface area contributed by atoms with Gasteiger partial charge in [-0.2, -0.15) is 0 Å². The summed E-state index contributed by atoms with van der Waals surface area (Å²) in [4.78, 5) is 16.4. The van der Waals surface area contributed by atoms with Gasteiger partial charge in [0.1, 0.15) is 11.9 Å². The molecular weight excluding hydrogens is 230 g/mol. The van der Waals surface area contributed by atoms with Crippen LogP contribution in [0.15, 0.2) is 12.4 Å². The van der Waals surface area contributed by atoms with E-state index in [1.54, 1.807) is 12.4 Å². The van der Waals surface area contributed by atoms with Gasteiger partial charge >= 0.3 is 0 Å². The minimum Gasteiger partial charge on any atom is -0.394 e. The summed E-state index contributed by atoms with van der Waals surface area (Å²) >= 11 is 0. The summed E-state index contributed by atoms with van der Waals surface area (Å²) in [6.45, 7) is 3.75. The van der Waals surface area contributed by atoms with Gasteiger partial charge < -0.3 is 15.0 Å². The standard InChI is InChI=1S/C13H21N3O2/c1-10(16-8-7-14-11(16)2)12(18)15-13(9-17)5-3-4-6-13/h7-8,10,17H,3-6,9H2,1-2H3,(H,15,18)/t10-/m1/s1. The van der Waals surface area contributed by atoms with E-state index in [4.69, 9.17) is 0 Å². The molecule has 0 aliphatic heterocycles. The molecular formula is C13H21N3O2. The van der Waals surface area contributed by atoms with Crippen molar-refractivity contribution < 1.29 is 9.90 Å². The van der Waals surface area contributed by atoms with Crippen LogP contribution in [0.4, 0.5) is 0 Å². The van der Waals surface area contributed by atoms with Crippen LogP contribution < -0.4 is 5.32 Å². The number of aliphatic hydroxyl groups is 1. The van der Waals surface area contributed by atoms with E-state index in [0.717, 1.165) is 31.5 Å². The number of aromatic nitrogens is 2.